The van der Waals surface area contributed by atoms with Crippen molar-refractivity contribution in [2.75, 3.05) is 44.2 Å². The first-order valence-electron chi connectivity index (χ1n) is 5.86. The Morgan fingerprint density at radius 1 is 1.35 bits per heavy atom. The third-order valence-corrected chi connectivity index (χ3v) is 4.25. The molecule has 4 N–H and O–H groups in total. The standard InChI is InChI=1S/C10H20N6O3S/c1-16(2)20(17,18)5-4-12-8-6-9(15-11)14-10(13-8)7-19-3/h6H,4-5,7,11H2,1-3H3,(H2,12,13,14,15). The van der Waals surface area contributed by atoms with Crippen molar-refractivity contribution in [3.8, 4) is 0 Å². The van der Waals surface area contributed by atoms with E-state index < -0.39 is 10.0 Å². The van der Waals surface area contributed by atoms with Crippen molar-refractivity contribution in [3.05, 3.63) is 11.9 Å². The molecular formula is C10H20N6O3S. The van der Waals surface area contributed by atoms with Gasteiger partial charge in [-0.2, -0.15) is 0 Å². The third kappa shape index (κ3) is 4.89. The lowest BCUT2D eigenvalue weighted by Gasteiger charge is -2.12. The van der Waals surface area contributed by atoms with Gasteiger partial charge in [-0.15, -0.1) is 0 Å². The molecule has 0 atom stereocenters. The summed E-state index contributed by atoms with van der Waals surface area (Å²) in [5, 5.41) is 2.92. The first-order chi connectivity index (χ1) is 9.39. The number of rotatable bonds is 8. The van der Waals surface area contributed by atoms with Crippen LogP contribution in [0.2, 0.25) is 0 Å². The van der Waals surface area contributed by atoms with Crippen LogP contribution in [-0.4, -0.2) is 56.2 Å². The number of hydrogen-bond donors (Lipinski definition) is 3. The predicted molar refractivity (Wildman–Crippen MR) is 76.5 cm³/mol. The molecule has 114 valence electrons. The van der Waals surface area contributed by atoms with Crippen LogP contribution in [0.15, 0.2) is 6.07 Å². The van der Waals surface area contributed by atoms with Gasteiger partial charge in [0.2, 0.25) is 10.0 Å². The summed E-state index contributed by atoms with van der Waals surface area (Å²) in [6, 6.07) is 1.58. The summed E-state index contributed by atoms with van der Waals surface area (Å²) in [6.07, 6.45) is 0. The molecule has 0 spiro atoms. The van der Waals surface area contributed by atoms with Crippen LogP contribution in [0, 0.1) is 0 Å². The van der Waals surface area contributed by atoms with Crippen LogP contribution >= 0.6 is 0 Å². The molecule has 1 aromatic rings. The van der Waals surface area contributed by atoms with Crippen molar-refractivity contribution in [1.29, 1.82) is 0 Å². The second-order valence-electron chi connectivity index (χ2n) is 4.16. The zero-order valence-electron chi connectivity index (χ0n) is 11.8. The first-order valence-corrected chi connectivity index (χ1v) is 7.47. The molecule has 9 nitrogen and oxygen atoms in total. The van der Waals surface area contributed by atoms with Crippen LogP contribution in [0.1, 0.15) is 5.82 Å². The van der Waals surface area contributed by atoms with Crippen molar-refractivity contribution in [2.24, 2.45) is 5.84 Å². The molecule has 0 aromatic carbocycles. The normalized spacial score (nSPS) is 11.7. The highest BCUT2D eigenvalue weighted by Crippen LogP contribution is 2.11. The highest BCUT2D eigenvalue weighted by molar-refractivity contribution is 7.89. The Balaban J connectivity index is 2.70. The highest BCUT2D eigenvalue weighted by Gasteiger charge is 2.13. The molecule has 1 heterocycles. The molecule has 0 aliphatic heterocycles. The zero-order chi connectivity index (χ0) is 15.2. The number of nitrogens with zero attached hydrogens (tertiary/aromatic N) is 3. The van der Waals surface area contributed by atoms with E-state index in [9.17, 15) is 8.42 Å². The third-order valence-electron chi connectivity index (χ3n) is 2.42. The van der Waals surface area contributed by atoms with E-state index in [4.69, 9.17) is 10.6 Å². The molecule has 0 fully saturated rings. The van der Waals surface area contributed by atoms with Gasteiger partial charge in [0.1, 0.15) is 18.2 Å². The van der Waals surface area contributed by atoms with Crippen LogP contribution in [0.4, 0.5) is 11.6 Å². The average molecular weight is 304 g/mol. The Morgan fingerprint density at radius 2 is 2.00 bits per heavy atom. The molecule has 1 aromatic heterocycles. The molecule has 0 amide bonds. The topological polar surface area (TPSA) is 122 Å². The number of nitrogens with two attached hydrogens (primary N) is 1. The monoisotopic (exact) mass is 304 g/mol. The lowest BCUT2D eigenvalue weighted by Crippen LogP contribution is -2.28. The quantitative estimate of drug-likeness (QED) is 0.422. The molecule has 0 saturated carbocycles. The minimum Gasteiger partial charge on any atom is -0.377 e. The fourth-order valence-corrected chi connectivity index (χ4v) is 2.07. The summed E-state index contributed by atoms with van der Waals surface area (Å²) in [5.41, 5.74) is 2.42. The van der Waals surface area contributed by atoms with E-state index in [1.807, 2.05) is 0 Å². The van der Waals surface area contributed by atoms with Crippen molar-refractivity contribution in [1.82, 2.24) is 14.3 Å². The summed E-state index contributed by atoms with van der Waals surface area (Å²) < 4.78 is 29.4. The van der Waals surface area contributed by atoms with E-state index in [0.717, 1.165) is 0 Å². The molecule has 20 heavy (non-hydrogen) atoms. The van der Waals surface area contributed by atoms with Gasteiger partial charge in [0, 0.05) is 33.8 Å². The Kier molecular flexibility index (Phi) is 6.07. The molecule has 10 heteroatoms. The van der Waals surface area contributed by atoms with Crippen LogP contribution in [0.3, 0.4) is 0 Å². The number of methoxy groups -OCH3 is 1. The van der Waals surface area contributed by atoms with Crippen LogP contribution < -0.4 is 16.6 Å². The molecule has 0 unspecified atom stereocenters. The fraction of sp³-hybridized carbons (Fsp3) is 0.600. The average Bonchev–Trinajstić information content (AvgIpc) is 2.38. The van der Waals surface area contributed by atoms with Gasteiger partial charge in [-0.25, -0.2) is 28.5 Å². The SMILES string of the molecule is COCc1nc(NN)cc(NCCS(=O)(=O)N(C)C)n1. The van der Waals surface area contributed by atoms with E-state index in [2.05, 4.69) is 20.7 Å². The van der Waals surface area contributed by atoms with Gasteiger partial charge in [-0.1, -0.05) is 0 Å². The largest absolute Gasteiger partial charge is 0.377 e. The Labute approximate surface area is 118 Å². The lowest BCUT2D eigenvalue weighted by molar-refractivity contribution is 0.178. The van der Waals surface area contributed by atoms with Crippen LogP contribution in [0.25, 0.3) is 0 Å². The summed E-state index contributed by atoms with van der Waals surface area (Å²) in [7, 11) is 1.27. The highest BCUT2D eigenvalue weighted by atomic mass is 32.2. The summed E-state index contributed by atoms with van der Waals surface area (Å²) in [5.74, 6) is 6.62. The van der Waals surface area contributed by atoms with Gasteiger partial charge in [0.05, 0.1) is 5.75 Å². The van der Waals surface area contributed by atoms with E-state index >= 15 is 0 Å². The number of hydrogen-bond acceptors (Lipinski definition) is 8. The fourth-order valence-electron chi connectivity index (χ4n) is 1.35. The molecule has 0 bridgehead atoms. The second kappa shape index (κ2) is 7.33. The number of nitrogen functional groups attached to an aromatic ring is 1. The van der Waals surface area contributed by atoms with Gasteiger partial charge in [0.15, 0.2) is 5.82 Å². The Hall–Kier alpha value is -1.49. The molecule has 0 aliphatic rings. The van der Waals surface area contributed by atoms with Crippen LogP contribution in [0.5, 0.6) is 0 Å². The van der Waals surface area contributed by atoms with Gasteiger partial charge in [0.25, 0.3) is 0 Å². The number of hydrazine groups is 1. The first kappa shape index (κ1) is 16.6. The minimum absolute atomic E-state index is 0.0327. The number of anilines is 2. The summed E-state index contributed by atoms with van der Waals surface area (Å²) in [6.45, 7) is 0.466. The number of aromatic nitrogens is 2. The maximum Gasteiger partial charge on any atom is 0.215 e. The summed E-state index contributed by atoms with van der Waals surface area (Å²) >= 11 is 0. The second-order valence-corrected chi connectivity index (χ2v) is 6.46. The van der Waals surface area contributed by atoms with Gasteiger partial charge in [-0.05, 0) is 0 Å². The van der Waals surface area contributed by atoms with E-state index in [-0.39, 0.29) is 18.9 Å². The van der Waals surface area contributed by atoms with Crippen molar-refractivity contribution >= 4 is 21.7 Å². The molecule has 0 aliphatic carbocycles. The number of nitrogens with one attached hydrogen (secondary N) is 2. The van der Waals surface area contributed by atoms with Gasteiger partial charge < -0.3 is 15.5 Å². The zero-order valence-corrected chi connectivity index (χ0v) is 12.6. The van der Waals surface area contributed by atoms with E-state index in [0.29, 0.717) is 17.5 Å². The summed E-state index contributed by atoms with van der Waals surface area (Å²) in [4.78, 5) is 8.27. The molecule has 1 rings (SSSR count). The van der Waals surface area contributed by atoms with Gasteiger partial charge in [-0.3, -0.25) is 0 Å². The maximum absolute atomic E-state index is 11.6. The Bertz CT molecular complexity index is 534. The van der Waals surface area contributed by atoms with E-state index in [1.165, 1.54) is 25.5 Å². The van der Waals surface area contributed by atoms with Crippen molar-refractivity contribution in [2.45, 2.75) is 6.61 Å². The van der Waals surface area contributed by atoms with Gasteiger partial charge >= 0.3 is 0 Å². The molecule has 0 saturated heterocycles. The molecular weight excluding hydrogens is 284 g/mol. The van der Waals surface area contributed by atoms with Crippen LogP contribution in [-0.2, 0) is 21.4 Å². The Morgan fingerprint density at radius 3 is 2.55 bits per heavy atom. The maximum atomic E-state index is 11.6. The lowest BCUT2D eigenvalue weighted by atomic mass is 10.5. The van der Waals surface area contributed by atoms with E-state index in [1.54, 1.807) is 6.07 Å². The number of sulfonamides is 1. The minimum atomic E-state index is -3.24. The number of ether oxygens (including phenoxy) is 1. The molecule has 0 radical (unpaired) electrons. The van der Waals surface area contributed by atoms with Crippen molar-refractivity contribution < 1.29 is 13.2 Å². The smallest absolute Gasteiger partial charge is 0.215 e. The van der Waals surface area contributed by atoms with Crippen molar-refractivity contribution in [3.63, 3.8) is 0 Å². The predicted octanol–water partition coefficient (Wildman–Crippen LogP) is -0.788.